The Morgan fingerprint density at radius 2 is 1.80 bits per heavy atom. The van der Waals surface area contributed by atoms with E-state index in [1.54, 1.807) is 0 Å². The second-order valence-corrected chi connectivity index (χ2v) is 1.65. The van der Waals surface area contributed by atoms with Gasteiger partial charge in [0.2, 0.25) is 0 Å². The zero-order chi connectivity index (χ0) is 7.11. The molecule has 64 valence electrons. The number of rotatable bonds is 5. The van der Waals surface area contributed by atoms with Gasteiger partial charge in [-0.05, 0) is 0 Å². The van der Waals surface area contributed by atoms with Gasteiger partial charge in [-0.25, -0.2) is 0 Å². The number of ether oxygens (including phenoxy) is 1. The van der Waals surface area contributed by atoms with E-state index >= 15 is 0 Å². The maximum absolute atomic E-state index is 8.43. The van der Waals surface area contributed by atoms with E-state index < -0.39 is 6.10 Å². The average molecular weight is 172 g/mol. The van der Waals surface area contributed by atoms with Crippen LogP contribution in [-0.2, 0) is 4.74 Å². The van der Waals surface area contributed by atoms with Crippen LogP contribution in [0, 0.1) is 0 Å². The van der Waals surface area contributed by atoms with Gasteiger partial charge in [0, 0.05) is 6.54 Å². The summed E-state index contributed by atoms with van der Waals surface area (Å²) < 4.78 is 4.86. The molecule has 0 aliphatic rings. The molecule has 5 heteroatoms. The first-order valence-electron chi connectivity index (χ1n) is 2.88. The SMILES string of the molecule is Cl.NCCOC(CO)CO. The summed E-state index contributed by atoms with van der Waals surface area (Å²) in [4.78, 5) is 0. The summed E-state index contributed by atoms with van der Waals surface area (Å²) in [6.45, 7) is 0.481. The fourth-order valence-electron chi connectivity index (χ4n) is 0.398. The average Bonchev–Trinajstić information content (AvgIpc) is 1.91. The van der Waals surface area contributed by atoms with Gasteiger partial charge in [0.1, 0.15) is 6.10 Å². The van der Waals surface area contributed by atoms with E-state index in [0.717, 1.165) is 0 Å². The molecule has 0 amide bonds. The Morgan fingerprint density at radius 1 is 1.30 bits per heavy atom. The normalized spacial score (nSPS) is 9.60. The lowest BCUT2D eigenvalue weighted by molar-refractivity contribution is -0.0161. The summed E-state index contributed by atoms with van der Waals surface area (Å²) in [5, 5.41) is 16.9. The lowest BCUT2D eigenvalue weighted by Gasteiger charge is -2.10. The lowest BCUT2D eigenvalue weighted by atomic mass is 10.4. The van der Waals surface area contributed by atoms with Crippen molar-refractivity contribution in [3.63, 3.8) is 0 Å². The first kappa shape index (κ1) is 12.8. The number of aliphatic hydroxyl groups excluding tert-OH is 2. The minimum absolute atomic E-state index is 0. The Balaban J connectivity index is 0. The van der Waals surface area contributed by atoms with Gasteiger partial charge in [-0.3, -0.25) is 0 Å². The summed E-state index contributed by atoms with van der Waals surface area (Å²) >= 11 is 0. The molecule has 0 radical (unpaired) electrons. The van der Waals surface area contributed by atoms with Crippen molar-refractivity contribution in [1.82, 2.24) is 0 Å². The molecule has 0 saturated heterocycles. The molecule has 0 aliphatic carbocycles. The quantitative estimate of drug-likeness (QED) is 0.483. The summed E-state index contributed by atoms with van der Waals surface area (Å²) in [5.41, 5.74) is 5.10. The van der Waals surface area contributed by atoms with E-state index in [9.17, 15) is 0 Å². The first-order chi connectivity index (χ1) is 4.35. The largest absolute Gasteiger partial charge is 0.394 e. The van der Waals surface area contributed by atoms with Crippen LogP contribution in [0.15, 0.2) is 0 Å². The van der Waals surface area contributed by atoms with Crippen molar-refractivity contribution in [3.05, 3.63) is 0 Å². The summed E-state index contributed by atoms with van der Waals surface area (Å²) in [5.74, 6) is 0. The highest BCUT2D eigenvalue weighted by molar-refractivity contribution is 5.85. The minimum atomic E-state index is -0.464. The van der Waals surface area contributed by atoms with Gasteiger partial charge in [0.25, 0.3) is 0 Å². The summed E-state index contributed by atoms with van der Waals surface area (Å²) in [7, 11) is 0. The topological polar surface area (TPSA) is 75.7 Å². The highest BCUT2D eigenvalue weighted by Gasteiger charge is 2.02. The Kier molecular flexibility index (Phi) is 11.7. The lowest BCUT2D eigenvalue weighted by Crippen LogP contribution is -2.24. The molecule has 10 heavy (non-hydrogen) atoms. The highest BCUT2D eigenvalue weighted by Crippen LogP contribution is 1.86. The van der Waals surface area contributed by atoms with Crippen LogP contribution in [-0.4, -0.2) is 42.7 Å². The maximum atomic E-state index is 8.43. The number of aliphatic hydroxyl groups is 2. The van der Waals surface area contributed by atoms with E-state index in [1.165, 1.54) is 0 Å². The Bertz CT molecular complexity index is 60.9. The Labute approximate surface area is 66.4 Å². The van der Waals surface area contributed by atoms with Gasteiger partial charge >= 0.3 is 0 Å². The molecular weight excluding hydrogens is 158 g/mol. The van der Waals surface area contributed by atoms with Crippen LogP contribution < -0.4 is 5.73 Å². The Hall–Kier alpha value is 0.130. The highest BCUT2D eigenvalue weighted by atomic mass is 35.5. The molecule has 4 N–H and O–H groups in total. The van der Waals surface area contributed by atoms with E-state index in [-0.39, 0.29) is 25.6 Å². The Morgan fingerprint density at radius 3 is 2.10 bits per heavy atom. The standard InChI is InChI=1S/C5H13NO3.ClH/c6-1-2-9-5(3-7)4-8;/h5,7-8H,1-4,6H2;1H. The molecule has 0 fully saturated rings. The van der Waals surface area contributed by atoms with Gasteiger partial charge in [-0.2, -0.15) is 0 Å². The maximum Gasteiger partial charge on any atom is 0.104 e. The molecule has 0 aromatic carbocycles. The van der Waals surface area contributed by atoms with E-state index in [0.29, 0.717) is 13.2 Å². The van der Waals surface area contributed by atoms with Crippen molar-refractivity contribution in [2.45, 2.75) is 6.10 Å². The number of halogens is 1. The van der Waals surface area contributed by atoms with Crippen molar-refractivity contribution in [3.8, 4) is 0 Å². The van der Waals surface area contributed by atoms with Gasteiger partial charge in [0.15, 0.2) is 0 Å². The minimum Gasteiger partial charge on any atom is -0.394 e. The van der Waals surface area contributed by atoms with E-state index in [1.807, 2.05) is 0 Å². The van der Waals surface area contributed by atoms with Crippen LogP contribution >= 0.6 is 12.4 Å². The van der Waals surface area contributed by atoms with Crippen molar-refractivity contribution >= 4 is 12.4 Å². The van der Waals surface area contributed by atoms with Crippen molar-refractivity contribution in [1.29, 1.82) is 0 Å². The summed E-state index contributed by atoms with van der Waals surface area (Å²) in [6, 6.07) is 0. The van der Waals surface area contributed by atoms with Crippen LogP contribution in [0.4, 0.5) is 0 Å². The summed E-state index contributed by atoms with van der Waals surface area (Å²) in [6.07, 6.45) is -0.464. The molecule has 0 unspecified atom stereocenters. The van der Waals surface area contributed by atoms with Crippen molar-refractivity contribution < 1.29 is 14.9 Å². The predicted octanol–water partition coefficient (Wildman–Crippen LogP) is -1.26. The molecule has 0 bridgehead atoms. The van der Waals surface area contributed by atoms with E-state index in [4.69, 9.17) is 20.7 Å². The zero-order valence-corrected chi connectivity index (χ0v) is 6.51. The molecule has 0 rings (SSSR count). The molecule has 4 nitrogen and oxygen atoms in total. The third kappa shape index (κ3) is 6.25. The monoisotopic (exact) mass is 171 g/mol. The molecule has 0 atom stereocenters. The van der Waals surface area contributed by atoms with Gasteiger partial charge in [0.05, 0.1) is 19.8 Å². The molecule has 0 heterocycles. The van der Waals surface area contributed by atoms with Crippen molar-refractivity contribution in [2.75, 3.05) is 26.4 Å². The second-order valence-electron chi connectivity index (χ2n) is 1.65. The second kappa shape index (κ2) is 9.13. The number of hydrogen-bond acceptors (Lipinski definition) is 4. The van der Waals surface area contributed by atoms with Crippen LogP contribution in [0.1, 0.15) is 0 Å². The predicted molar refractivity (Wildman–Crippen MR) is 40.2 cm³/mol. The molecule has 0 spiro atoms. The fraction of sp³-hybridized carbons (Fsp3) is 1.00. The van der Waals surface area contributed by atoms with Crippen LogP contribution in [0.5, 0.6) is 0 Å². The fourth-order valence-corrected chi connectivity index (χ4v) is 0.398. The third-order valence-corrected chi connectivity index (χ3v) is 0.879. The van der Waals surface area contributed by atoms with Gasteiger partial charge in [-0.15, -0.1) is 12.4 Å². The van der Waals surface area contributed by atoms with Gasteiger partial charge in [-0.1, -0.05) is 0 Å². The molecular formula is C5H14ClNO3. The third-order valence-electron chi connectivity index (χ3n) is 0.879. The van der Waals surface area contributed by atoms with Crippen LogP contribution in [0.25, 0.3) is 0 Å². The van der Waals surface area contributed by atoms with Crippen LogP contribution in [0.2, 0.25) is 0 Å². The smallest absolute Gasteiger partial charge is 0.104 e. The molecule has 0 aromatic rings. The molecule has 0 aliphatic heterocycles. The van der Waals surface area contributed by atoms with Gasteiger partial charge < -0.3 is 20.7 Å². The molecule has 0 saturated carbocycles. The zero-order valence-electron chi connectivity index (χ0n) is 5.69. The van der Waals surface area contributed by atoms with Crippen molar-refractivity contribution in [2.24, 2.45) is 5.73 Å². The number of hydrogen-bond donors (Lipinski definition) is 3. The van der Waals surface area contributed by atoms with Crippen LogP contribution in [0.3, 0.4) is 0 Å². The van der Waals surface area contributed by atoms with E-state index in [2.05, 4.69) is 0 Å². The molecule has 0 aromatic heterocycles. The first-order valence-corrected chi connectivity index (χ1v) is 2.88. The number of nitrogens with two attached hydrogens (primary N) is 1.